The van der Waals surface area contributed by atoms with Gasteiger partial charge in [-0.25, -0.2) is 4.79 Å². The van der Waals surface area contributed by atoms with Gasteiger partial charge in [-0.15, -0.1) is 0 Å². The monoisotopic (exact) mass is 788 g/mol. The summed E-state index contributed by atoms with van der Waals surface area (Å²) in [5, 5.41) is 83.7. The first-order valence-corrected chi connectivity index (χ1v) is 17.4. The zero-order valence-electron chi connectivity index (χ0n) is 30.5. The highest BCUT2D eigenvalue weighted by Gasteiger charge is 2.54. The molecule has 3 aromatic rings. The van der Waals surface area contributed by atoms with Gasteiger partial charge < -0.3 is 83.5 Å². The Hall–Kier alpha value is -4.89. The quantitative estimate of drug-likeness (QED) is 0.0804. The minimum atomic E-state index is -2.17. The Morgan fingerprint density at radius 2 is 1.57 bits per heavy atom. The summed E-state index contributed by atoms with van der Waals surface area (Å²) in [6, 6.07) is 12.0. The molecule has 3 heterocycles. The molecule has 2 fully saturated rings. The molecule has 0 radical (unpaired) electrons. The van der Waals surface area contributed by atoms with Gasteiger partial charge in [-0.05, 0) is 53.6 Å². The molecule has 0 spiro atoms. The minimum Gasteiger partial charge on any atom is -0.504 e. The van der Waals surface area contributed by atoms with Crippen LogP contribution >= 0.6 is 0 Å². The first kappa shape index (κ1) is 40.8. The third-order valence-corrected chi connectivity index (χ3v) is 9.77. The summed E-state index contributed by atoms with van der Waals surface area (Å²) in [6.45, 7) is -2.30. The van der Waals surface area contributed by atoms with Crippen molar-refractivity contribution in [1.29, 1.82) is 0 Å². The van der Waals surface area contributed by atoms with E-state index in [4.69, 9.17) is 42.6 Å². The highest BCUT2D eigenvalue weighted by molar-refractivity contribution is 5.87. The fourth-order valence-electron chi connectivity index (χ4n) is 6.65. The van der Waals surface area contributed by atoms with Gasteiger partial charge in [0.2, 0.25) is 6.29 Å². The maximum atomic E-state index is 12.8. The van der Waals surface area contributed by atoms with Crippen molar-refractivity contribution >= 4 is 12.0 Å². The lowest BCUT2D eigenvalue weighted by molar-refractivity contribution is -0.318. The lowest BCUT2D eigenvalue weighted by Crippen LogP contribution is -2.62. The highest BCUT2D eigenvalue weighted by Crippen LogP contribution is 2.51. The fraction of sp³-hybridized carbons (Fsp3) is 0.447. The Balaban J connectivity index is 1.10. The molecule has 3 aliphatic rings. The molecule has 3 aliphatic heterocycles. The largest absolute Gasteiger partial charge is 0.504 e. The summed E-state index contributed by atoms with van der Waals surface area (Å²) in [5.74, 6) is -0.579. The van der Waals surface area contributed by atoms with E-state index in [1.54, 1.807) is 24.3 Å². The Kier molecular flexibility index (Phi) is 12.4. The highest BCUT2D eigenvalue weighted by atomic mass is 16.8. The molecule has 6 rings (SSSR count). The number of fused-ring (bicyclic) bond motifs is 1. The van der Waals surface area contributed by atoms with Gasteiger partial charge in [0.15, 0.2) is 52.5 Å². The molecule has 0 aromatic heterocycles. The molecule has 0 saturated carbocycles. The average molecular weight is 789 g/mol. The van der Waals surface area contributed by atoms with E-state index < -0.39 is 86.5 Å². The van der Waals surface area contributed by atoms with Crippen LogP contribution in [0.2, 0.25) is 0 Å². The number of phenolic OH excluding ortho intramolecular Hbond substituents is 2. The third kappa shape index (κ3) is 8.15. The second-order valence-corrected chi connectivity index (χ2v) is 13.3. The molecule has 8 N–H and O–H groups in total. The first-order chi connectivity index (χ1) is 26.8. The number of carbonyl (C=O) groups excluding carboxylic acids is 1. The molecule has 0 unspecified atom stereocenters. The summed E-state index contributed by atoms with van der Waals surface area (Å²) < 4.78 is 50.0. The molecule has 56 heavy (non-hydrogen) atoms. The van der Waals surface area contributed by atoms with Crippen LogP contribution in [0.3, 0.4) is 0 Å². The maximum absolute atomic E-state index is 12.8. The number of ether oxygens (including phenoxy) is 9. The SMILES string of the molecule is COc1cc(O[C@@H]2O[C@H](CO)[C@@H](O)[C@H](O)[C@H]2O[C@@H]2OC[C@](O)(COC(=O)C=Cc3cc(OC)c4c(c3)[C@@H](CO)[C@H](c3ccc(O)c(OC)c3)O4)[C@H]2O)ccc1O. The van der Waals surface area contributed by atoms with Crippen molar-refractivity contribution < 1.29 is 88.3 Å². The van der Waals surface area contributed by atoms with E-state index in [0.29, 0.717) is 28.2 Å². The maximum Gasteiger partial charge on any atom is 0.330 e. The molecule has 0 aliphatic carbocycles. The topological polar surface area (TPSA) is 262 Å². The number of esters is 1. The Bertz CT molecular complexity index is 1890. The average Bonchev–Trinajstić information content (AvgIpc) is 3.72. The van der Waals surface area contributed by atoms with Gasteiger partial charge >= 0.3 is 5.97 Å². The Morgan fingerprint density at radius 1 is 0.875 bits per heavy atom. The standard InChI is InChI=1S/C38H44O18/c1-48-25-12-19(5-7-23(25)41)32-22(14-39)21-10-18(11-27(50-3)33(21)55-32)4-9-29(43)51-16-38(47)17-52-37(35(38)46)56-34-31(45)30(44)28(15-40)54-36(34)53-20-6-8-24(42)26(13-20)49-2/h4-13,22,28,30-32,34-37,39-42,44-47H,14-17H2,1-3H3/t22-,28-,30-,31+,32+,34-,35+,36-,37+,38-/m1/s1. The number of rotatable bonds is 14. The molecule has 2 saturated heterocycles. The summed E-state index contributed by atoms with van der Waals surface area (Å²) in [6.07, 6.45) is -9.36. The number of benzene rings is 3. The molecule has 18 nitrogen and oxygen atoms in total. The van der Waals surface area contributed by atoms with Gasteiger partial charge in [-0.1, -0.05) is 6.07 Å². The van der Waals surface area contributed by atoms with Crippen molar-refractivity contribution in [2.75, 3.05) is 47.8 Å². The van der Waals surface area contributed by atoms with Crippen LogP contribution in [-0.2, 0) is 23.7 Å². The van der Waals surface area contributed by atoms with Crippen molar-refractivity contribution in [2.45, 2.75) is 60.7 Å². The predicted octanol–water partition coefficient (Wildman–Crippen LogP) is 0.241. The molecular formula is C38H44O18. The summed E-state index contributed by atoms with van der Waals surface area (Å²) in [5.41, 5.74) is -0.440. The summed E-state index contributed by atoms with van der Waals surface area (Å²) in [4.78, 5) is 12.8. The van der Waals surface area contributed by atoms with Crippen LogP contribution in [0.4, 0.5) is 0 Å². The predicted molar refractivity (Wildman–Crippen MR) is 189 cm³/mol. The number of carbonyl (C=O) groups is 1. The molecule has 10 atom stereocenters. The lowest BCUT2D eigenvalue weighted by atomic mass is 9.90. The van der Waals surface area contributed by atoms with Crippen LogP contribution in [0, 0.1) is 0 Å². The summed E-state index contributed by atoms with van der Waals surface area (Å²) in [7, 11) is 4.18. The number of aliphatic hydroxyl groups excluding tert-OH is 5. The number of hydrogen-bond acceptors (Lipinski definition) is 18. The van der Waals surface area contributed by atoms with Crippen LogP contribution in [-0.4, -0.2) is 143 Å². The van der Waals surface area contributed by atoms with E-state index in [2.05, 4.69) is 0 Å². The second kappa shape index (κ2) is 17.1. The number of phenols is 2. The van der Waals surface area contributed by atoms with Crippen molar-refractivity contribution in [3.63, 3.8) is 0 Å². The lowest BCUT2D eigenvalue weighted by Gasteiger charge is -2.42. The molecular weight excluding hydrogens is 744 g/mol. The molecule has 0 bridgehead atoms. The van der Waals surface area contributed by atoms with Gasteiger partial charge in [0.05, 0.1) is 47.1 Å². The van der Waals surface area contributed by atoms with Crippen molar-refractivity contribution in [3.8, 4) is 40.2 Å². The van der Waals surface area contributed by atoms with Crippen molar-refractivity contribution in [3.05, 3.63) is 71.3 Å². The number of methoxy groups -OCH3 is 3. The van der Waals surface area contributed by atoms with Crippen LogP contribution in [0.5, 0.6) is 40.2 Å². The molecule has 3 aromatic carbocycles. The molecule has 0 amide bonds. The number of hydrogen-bond donors (Lipinski definition) is 8. The fourth-order valence-corrected chi connectivity index (χ4v) is 6.65. The summed E-state index contributed by atoms with van der Waals surface area (Å²) >= 11 is 0. The first-order valence-electron chi connectivity index (χ1n) is 17.4. The zero-order chi connectivity index (χ0) is 40.3. The minimum absolute atomic E-state index is 0.0535. The van der Waals surface area contributed by atoms with Gasteiger partial charge in [-0.3, -0.25) is 0 Å². The third-order valence-electron chi connectivity index (χ3n) is 9.77. The van der Waals surface area contributed by atoms with Crippen molar-refractivity contribution in [1.82, 2.24) is 0 Å². The second-order valence-electron chi connectivity index (χ2n) is 13.3. The van der Waals surface area contributed by atoms with Crippen LogP contribution < -0.4 is 23.7 Å². The van der Waals surface area contributed by atoms with E-state index in [1.807, 2.05) is 0 Å². The van der Waals surface area contributed by atoms with E-state index in [1.165, 1.54) is 51.7 Å². The van der Waals surface area contributed by atoms with Gasteiger partial charge in [0, 0.05) is 17.7 Å². The van der Waals surface area contributed by atoms with Crippen molar-refractivity contribution in [2.24, 2.45) is 0 Å². The van der Waals surface area contributed by atoms with Crippen LogP contribution in [0.1, 0.15) is 28.7 Å². The van der Waals surface area contributed by atoms with Gasteiger partial charge in [-0.2, -0.15) is 0 Å². The smallest absolute Gasteiger partial charge is 0.330 e. The Morgan fingerprint density at radius 3 is 2.25 bits per heavy atom. The zero-order valence-corrected chi connectivity index (χ0v) is 30.5. The molecule has 304 valence electrons. The normalized spacial score (nSPS) is 29.8. The van der Waals surface area contributed by atoms with Crippen LogP contribution in [0.25, 0.3) is 6.08 Å². The van der Waals surface area contributed by atoms with Gasteiger partial charge in [0.1, 0.15) is 42.9 Å². The van der Waals surface area contributed by atoms with E-state index in [0.717, 1.165) is 6.08 Å². The van der Waals surface area contributed by atoms with E-state index in [-0.39, 0.29) is 35.4 Å². The Labute approximate surface area is 320 Å². The number of aromatic hydroxyl groups is 2. The van der Waals surface area contributed by atoms with E-state index >= 15 is 0 Å². The van der Waals surface area contributed by atoms with E-state index in [9.17, 15) is 45.6 Å². The van der Waals surface area contributed by atoms with Gasteiger partial charge in [0.25, 0.3) is 0 Å². The van der Waals surface area contributed by atoms with Crippen LogP contribution in [0.15, 0.2) is 54.6 Å². The molecule has 18 heteroatoms. The number of aliphatic hydroxyl groups is 6.